The molecule has 0 saturated carbocycles. The fourth-order valence-corrected chi connectivity index (χ4v) is 1.11. The smallest absolute Gasteiger partial charge is 0.322 e. The maximum absolute atomic E-state index is 11.3. The van der Waals surface area contributed by atoms with Gasteiger partial charge in [0, 0.05) is 0 Å². The molecule has 0 fully saturated rings. The summed E-state index contributed by atoms with van der Waals surface area (Å²) in [6.07, 6.45) is 1.60. The molecule has 92 valence electrons. The van der Waals surface area contributed by atoms with Crippen LogP contribution in [-0.2, 0) is 9.53 Å². The van der Waals surface area contributed by atoms with E-state index in [0.717, 1.165) is 6.42 Å². The van der Waals surface area contributed by atoms with Gasteiger partial charge in [0.25, 0.3) is 0 Å². The summed E-state index contributed by atoms with van der Waals surface area (Å²) in [5, 5.41) is 0. The Labute approximate surface area is 100 Å². The van der Waals surface area contributed by atoms with E-state index in [2.05, 4.69) is 13.8 Å². The number of ether oxygens (including phenoxy) is 1. The minimum absolute atomic E-state index is 0. The normalized spacial score (nSPS) is 12.5. The Kier molecular flexibility index (Phi) is 10.4. The largest absolute Gasteiger partial charge is 0.465 e. The summed E-state index contributed by atoms with van der Waals surface area (Å²) in [4.78, 5) is 11.3. The third-order valence-electron chi connectivity index (χ3n) is 1.97. The van der Waals surface area contributed by atoms with Crippen molar-refractivity contribution in [2.45, 2.75) is 46.6 Å². The molecule has 0 aliphatic carbocycles. The van der Waals surface area contributed by atoms with E-state index in [1.165, 1.54) is 0 Å². The Bertz CT molecular complexity index is 172. The van der Waals surface area contributed by atoms with E-state index in [-0.39, 0.29) is 19.5 Å². The van der Waals surface area contributed by atoms with Gasteiger partial charge in [0.05, 0.1) is 6.61 Å². The third kappa shape index (κ3) is 10.1. The molecule has 2 N–H and O–H groups in total. The summed E-state index contributed by atoms with van der Waals surface area (Å²) < 4.78 is 5.05. The average Bonchev–Trinajstić information content (AvgIpc) is 2.01. The Hall–Kier alpha value is -0.220. The van der Waals surface area contributed by atoms with Gasteiger partial charge >= 0.3 is 5.97 Å². The van der Waals surface area contributed by atoms with Crippen molar-refractivity contribution in [3.05, 3.63) is 0 Å². The van der Waals surface area contributed by atoms with Crippen molar-refractivity contribution in [1.82, 2.24) is 0 Å². The van der Waals surface area contributed by atoms with Crippen LogP contribution < -0.4 is 5.73 Å². The highest BCUT2D eigenvalue weighted by Crippen LogP contribution is 2.05. The monoisotopic (exact) mass is 235 g/mol. The summed E-state index contributed by atoms with van der Waals surface area (Å²) in [5.74, 6) is 0.728. The summed E-state index contributed by atoms with van der Waals surface area (Å²) >= 11 is 0. The molecule has 3 nitrogen and oxygen atoms in total. The van der Waals surface area contributed by atoms with E-state index in [1.54, 1.807) is 0 Å². The minimum Gasteiger partial charge on any atom is -0.465 e. The predicted molar refractivity (Wildman–Crippen MR) is 68.2 cm³/mol. The lowest BCUT2D eigenvalue weighted by molar-refractivity contribution is -0.145. The number of nitrogens with two attached hydrogens (primary N) is 1. The van der Waals surface area contributed by atoms with E-state index in [4.69, 9.17) is 10.5 Å². The standard InChI is InChI=1S/C11H23NO2.H2S/c1-8(2)5-6-14-11(13)10(12)7-9(3)4;/h8-10H,5-7,12H2,1-4H3;1H2/t10-;/m0./s1. The summed E-state index contributed by atoms with van der Waals surface area (Å²) in [5.41, 5.74) is 5.66. The zero-order valence-corrected chi connectivity index (χ0v) is 11.2. The SMILES string of the molecule is CC(C)CCOC(=O)[C@@H](N)CC(C)C.S. The topological polar surface area (TPSA) is 52.3 Å². The van der Waals surface area contributed by atoms with E-state index in [1.807, 2.05) is 13.8 Å². The highest BCUT2D eigenvalue weighted by atomic mass is 32.1. The highest BCUT2D eigenvalue weighted by Gasteiger charge is 2.16. The van der Waals surface area contributed by atoms with Crippen LogP contribution in [0.4, 0.5) is 0 Å². The zero-order valence-electron chi connectivity index (χ0n) is 10.2. The second kappa shape index (κ2) is 9.04. The fraction of sp³-hybridized carbons (Fsp3) is 0.909. The molecule has 0 aliphatic heterocycles. The van der Waals surface area contributed by atoms with Crippen LogP contribution in [0.1, 0.15) is 40.5 Å². The number of hydrogen-bond acceptors (Lipinski definition) is 3. The van der Waals surface area contributed by atoms with Crippen LogP contribution in [0, 0.1) is 11.8 Å². The van der Waals surface area contributed by atoms with E-state index >= 15 is 0 Å². The fourth-order valence-electron chi connectivity index (χ4n) is 1.11. The summed E-state index contributed by atoms with van der Waals surface area (Å²) in [7, 11) is 0. The van der Waals surface area contributed by atoms with Crippen LogP contribution in [0.15, 0.2) is 0 Å². The summed E-state index contributed by atoms with van der Waals surface area (Å²) in [6.45, 7) is 8.77. The van der Waals surface area contributed by atoms with Crippen molar-refractivity contribution in [3.8, 4) is 0 Å². The average molecular weight is 235 g/mol. The molecule has 0 aromatic rings. The molecule has 15 heavy (non-hydrogen) atoms. The molecule has 0 heterocycles. The van der Waals surface area contributed by atoms with Gasteiger partial charge < -0.3 is 10.5 Å². The molecule has 0 radical (unpaired) electrons. The molecule has 1 atom stereocenters. The molecule has 0 aromatic heterocycles. The van der Waals surface area contributed by atoms with E-state index in [0.29, 0.717) is 24.9 Å². The van der Waals surface area contributed by atoms with Gasteiger partial charge in [-0.3, -0.25) is 4.79 Å². The number of carbonyl (C=O) groups is 1. The Morgan fingerprint density at radius 3 is 2.13 bits per heavy atom. The van der Waals surface area contributed by atoms with Gasteiger partial charge in [-0.25, -0.2) is 0 Å². The first-order chi connectivity index (χ1) is 6.43. The quantitative estimate of drug-likeness (QED) is 0.717. The van der Waals surface area contributed by atoms with Crippen LogP contribution in [-0.4, -0.2) is 18.6 Å². The van der Waals surface area contributed by atoms with Crippen LogP contribution in [0.3, 0.4) is 0 Å². The molecule has 4 heteroatoms. The number of carbonyl (C=O) groups excluding carboxylic acids is 1. The van der Waals surface area contributed by atoms with Crippen molar-refractivity contribution >= 4 is 19.5 Å². The highest BCUT2D eigenvalue weighted by molar-refractivity contribution is 7.59. The lowest BCUT2D eigenvalue weighted by Crippen LogP contribution is -2.33. The number of hydrogen-bond donors (Lipinski definition) is 1. The molecule has 0 rings (SSSR count). The van der Waals surface area contributed by atoms with Gasteiger partial charge in [-0.2, -0.15) is 13.5 Å². The van der Waals surface area contributed by atoms with Gasteiger partial charge in [-0.05, 0) is 24.7 Å². The van der Waals surface area contributed by atoms with Crippen molar-refractivity contribution in [2.75, 3.05) is 6.61 Å². The molecular weight excluding hydrogens is 210 g/mol. The maximum atomic E-state index is 11.3. The van der Waals surface area contributed by atoms with Crippen LogP contribution >= 0.6 is 13.5 Å². The zero-order chi connectivity index (χ0) is 11.1. The van der Waals surface area contributed by atoms with Crippen LogP contribution in [0.25, 0.3) is 0 Å². The Morgan fingerprint density at radius 2 is 1.73 bits per heavy atom. The van der Waals surface area contributed by atoms with Gasteiger partial charge in [0.1, 0.15) is 6.04 Å². The van der Waals surface area contributed by atoms with E-state index in [9.17, 15) is 4.79 Å². The molecule has 0 bridgehead atoms. The van der Waals surface area contributed by atoms with Crippen molar-refractivity contribution in [3.63, 3.8) is 0 Å². The van der Waals surface area contributed by atoms with Gasteiger partial charge in [-0.15, -0.1) is 0 Å². The molecule has 0 aromatic carbocycles. The molecule has 0 saturated heterocycles. The van der Waals surface area contributed by atoms with E-state index < -0.39 is 6.04 Å². The predicted octanol–water partition coefficient (Wildman–Crippen LogP) is 2.06. The minimum atomic E-state index is -0.456. The maximum Gasteiger partial charge on any atom is 0.322 e. The lowest BCUT2D eigenvalue weighted by Gasteiger charge is -2.13. The Morgan fingerprint density at radius 1 is 1.20 bits per heavy atom. The first-order valence-corrected chi connectivity index (χ1v) is 5.35. The number of esters is 1. The van der Waals surface area contributed by atoms with Crippen LogP contribution in [0.5, 0.6) is 0 Å². The molecule has 0 spiro atoms. The summed E-state index contributed by atoms with van der Waals surface area (Å²) in [6, 6.07) is -0.456. The van der Waals surface area contributed by atoms with Crippen molar-refractivity contribution < 1.29 is 9.53 Å². The number of rotatable bonds is 6. The van der Waals surface area contributed by atoms with Crippen molar-refractivity contribution in [1.29, 1.82) is 0 Å². The molecule has 0 aliphatic rings. The first kappa shape index (κ1) is 17.2. The second-order valence-electron chi connectivity index (χ2n) is 4.59. The van der Waals surface area contributed by atoms with Crippen molar-refractivity contribution in [2.24, 2.45) is 17.6 Å². The second-order valence-corrected chi connectivity index (χ2v) is 4.59. The molecular formula is C11H25NO2S. The third-order valence-corrected chi connectivity index (χ3v) is 1.97. The van der Waals surface area contributed by atoms with Gasteiger partial charge in [0.2, 0.25) is 0 Å². The molecule has 0 amide bonds. The van der Waals surface area contributed by atoms with Gasteiger partial charge in [0.15, 0.2) is 0 Å². The Balaban J connectivity index is 0. The first-order valence-electron chi connectivity index (χ1n) is 5.35. The lowest BCUT2D eigenvalue weighted by atomic mass is 10.1. The van der Waals surface area contributed by atoms with Gasteiger partial charge in [-0.1, -0.05) is 27.7 Å². The van der Waals surface area contributed by atoms with Crippen LogP contribution in [0.2, 0.25) is 0 Å². The molecule has 0 unspecified atom stereocenters.